The van der Waals surface area contributed by atoms with Gasteiger partial charge in [0.2, 0.25) is 0 Å². The third-order valence-electron chi connectivity index (χ3n) is 3.77. The van der Waals surface area contributed by atoms with E-state index in [0.717, 1.165) is 34.2 Å². The Balaban J connectivity index is 2.05. The van der Waals surface area contributed by atoms with Gasteiger partial charge in [0.25, 0.3) is 5.91 Å². The van der Waals surface area contributed by atoms with Gasteiger partial charge in [-0.05, 0) is 65.6 Å². The summed E-state index contributed by atoms with van der Waals surface area (Å²) in [5.41, 5.74) is 4.38. The summed E-state index contributed by atoms with van der Waals surface area (Å²) < 4.78 is 1.01. The number of aryl methyl sites for hydroxylation is 2. The van der Waals surface area contributed by atoms with Crippen LogP contribution in [0.4, 0.5) is 5.69 Å². The Morgan fingerprint density at radius 3 is 2.75 bits per heavy atom. The first-order chi connectivity index (χ1) is 9.68. The summed E-state index contributed by atoms with van der Waals surface area (Å²) in [5, 5.41) is 0. The standard InChI is InChI=1S/C17H16INO/c1-12-6-4-7-13-8-5-11-19(16(12)13)17(20)14-9-2-3-10-15(14)18/h2-4,6-7,9-10H,5,8,11H2,1H3. The normalized spacial score (nSPS) is 14.0. The topological polar surface area (TPSA) is 20.3 Å². The van der Waals surface area contributed by atoms with Gasteiger partial charge in [-0.2, -0.15) is 0 Å². The second-order valence-corrected chi connectivity index (χ2v) is 6.29. The smallest absolute Gasteiger partial charge is 0.259 e. The molecule has 0 aromatic heterocycles. The van der Waals surface area contributed by atoms with Crippen LogP contribution in [-0.4, -0.2) is 12.5 Å². The van der Waals surface area contributed by atoms with Crippen molar-refractivity contribution in [2.24, 2.45) is 0 Å². The molecule has 0 spiro atoms. The molecule has 0 saturated carbocycles. The molecule has 0 fully saturated rings. The van der Waals surface area contributed by atoms with E-state index in [1.807, 2.05) is 29.2 Å². The van der Waals surface area contributed by atoms with Crippen LogP contribution in [0.1, 0.15) is 27.9 Å². The lowest BCUT2D eigenvalue weighted by molar-refractivity contribution is 0.0984. The van der Waals surface area contributed by atoms with Crippen molar-refractivity contribution < 1.29 is 4.79 Å². The molecule has 0 atom stereocenters. The second-order valence-electron chi connectivity index (χ2n) is 5.12. The maximum absolute atomic E-state index is 12.9. The van der Waals surface area contributed by atoms with E-state index >= 15 is 0 Å². The summed E-state index contributed by atoms with van der Waals surface area (Å²) in [7, 11) is 0. The van der Waals surface area contributed by atoms with Crippen LogP contribution in [0.2, 0.25) is 0 Å². The molecule has 2 nitrogen and oxygen atoms in total. The largest absolute Gasteiger partial charge is 0.308 e. The van der Waals surface area contributed by atoms with Gasteiger partial charge in [-0.25, -0.2) is 0 Å². The Bertz CT molecular complexity index is 666. The first kappa shape index (κ1) is 13.6. The van der Waals surface area contributed by atoms with Crippen LogP contribution in [-0.2, 0) is 6.42 Å². The third-order valence-corrected chi connectivity index (χ3v) is 4.71. The van der Waals surface area contributed by atoms with Gasteiger partial charge >= 0.3 is 0 Å². The molecule has 1 aliphatic heterocycles. The second kappa shape index (κ2) is 5.56. The summed E-state index contributed by atoms with van der Waals surface area (Å²) in [6, 6.07) is 14.1. The van der Waals surface area contributed by atoms with Crippen molar-refractivity contribution in [3.05, 3.63) is 62.7 Å². The molecule has 1 heterocycles. The Morgan fingerprint density at radius 1 is 1.15 bits per heavy atom. The number of para-hydroxylation sites is 1. The van der Waals surface area contributed by atoms with E-state index in [0.29, 0.717) is 0 Å². The number of nitrogens with zero attached hydrogens (tertiary/aromatic N) is 1. The summed E-state index contributed by atoms with van der Waals surface area (Å²) in [5.74, 6) is 0.116. The van der Waals surface area contributed by atoms with Crippen molar-refractivity contribution in [1.82, 2.24) is 0 Å². The van der Waals surface area contributed by atoms with Gasteiger partial charge in [0, 0.05) is 10.1 Å². The number of hydrogen-bond acceptors (Lipinski definition) is 1. The zero-order valence-electron chi connectivity index (χ0n) is 11.4. The molecule has 0 aliphatic carbocycles. The maximum Gasteiger partial charge on any atom is 0.259 e. The van der Waals surface area contributed by atoms with Crippen LogP contribution in [0.5, 0.6) is 0 Å². The molecule has 0 unspecified atom stereocenters. The van der Waals surface area contributed by atoms with E-state index in [4.69, 9.17) is 0 Å². The van der Waals surface area contributed by atoms with Crippen molar-refractivity contribution in [1.29, 1.82) is 0 Å². The van der Waals surface area contributed by atoms with E-state index in [9.17, 15) is 4.79 Å². The summed E-state index contributed by atoms with van der Waals surface area (Å²) in [6.45, 7) is 2.89. The van der Waals surface area contributed by atoms with Crippen LogP contribution in [0.25, 0.3) is 0 Å². The summed E-state index contributed by atoms with van der Waals surface area (Å²) in [6.07, 6.45) is 2.10. The van der Waals surface area contributed by atoms with Crippen LogP contribution in [0, 0.1) is 10.5 Å². The van der Waals surface area contributed by atoms with Gasteiger partial charge in [-0.3, -0.25) is 4.79 Å². The zero-order chi connectivity index (χ0) is 14.1. The molecule has 2 aromatic rings. The Kier molecular flexibility index (Phi) is 3.78. The number of rotatable bonds is 1. The molecule has 1 aliphatic rings. The third kappa shape index (κ3) is 2.35. The molecule has 0 radical (unpaired) electrons. The molecule has 0 bridgehead atoms. The molecule has 2 aromatic carbocycles. The van der Waals surface area contributed by atoms with Crippen molar-refractivity contribution in [2.75, 3.05) is 11.4 Å². The number of carbonyl (C=O) groups excluding carboxylic acids is 1. The highest BCUT2D eigenvalue weighted by atomic mass is 127. The van der Waals surface area contributed by atoms with Crippen molar-refractivity contribution in [3.8, 4) is 0 Å². The molecular formula is C17H16INO. The van der Waals surface area contributed by atoms with Gasteiger partial charge in [-0.1, -0.05) is 30.3 Å². The highest BCUT2D eigenvalue weighted by Crippen LogP contribution is 2.32. The lowest BCUT2D eigenvalue weighted by Crippen LogP contribution is -2.36. The average Bonchev–Trinajstić information content (AvgIpc) is 2.47. The molecule has 3 heteroatoms. The Labute approximate surface area is 132 Å². The van der Waals surface area contributed by atoms with E-state index < -0.39 is 0 Å². The monoisotopic (exact) mass is 377 g/mol. The number of amides is 1. The molecule has 20 heavy (non-hydrogen) atoms. The SMILES string of the molecule is Cc1cccc2c1N(C(=O)c1ccccc1I)CCC2. The first-order valence-corrected chi connectivity index (χ1v) is 7.91. The molecule has 102 valence electrons. The lowest BCUT2D eigenvalue weighted by atomic mass is 9.97. The van der Waals surface area contributed by atoms with Crippen molar-refractivity contribution in [3.63, 3.8) is 0 Å². The fourth-order valence-corrected chi connectivity index (χ4v) is 3.45. The molecule has 0 saturated heterocycles. The molecule has 1 amide bonds. The van der Waals surface area contributed by atoms with Crippen molar-refractivity contribution >= 4 is 34.2 Å². The minimum absolute atomic E-state index is 0.116. The molecular weight excluding hydrogens is 361 g/mol. The Morgan fingerprint density at radius 2 is 1.95 bits per heavy atom. The van der Waals surface area contributed by atoms with E-state index in [-0.39, 0.29) is 5.91 Å². The Hall–Kier alpha value is -1.36. The van der Waals surface area contributed by atoms with E-state index in [2.05, 4.69) is 47.7 Å². The minimum Gasteiger partial charge on any atom is -0.308 e. The minimum atomic E-state index is 0.116. The number of benzene rings is 2. The lowest BCUT2D eigenvalue weighted by Gasteiger charge is -2.31. The highest BCUT2D eigenvalue weighted by molar-refractivity contribution is 14.1. The van der Waals surface area contributed by atoms with Gasteiger partial charge in [-0.15, -0.1) is 0 Å². The summed E-state index contributed by atoms with van der Waals surface area (Å²) in [4.78, 5) is 14.8. The number of anilines is 1. The predicted octanol–water partition coefficient (Wildman–Crippen LogP) is 4.19. The molecule has 3 rings (SSSR count). The number of hydrogen-bond donors (Lipinski definition) is 0. The van der Waals surface area contributed by atoms with Gasteiger partial charge in [0.05, 0.1) is 11.3 Å². The fourth-order valence-electron chi connectivity index (χ4n) is 2.83. The van der Waals surface area contributed by atoms with Gasteiger partial charge in [0.15, 0.2) is 0 Å². The predicted molar refractivity (Wildman–Crippen MR) is 90.3 cm³/mol. The van der Waals surface area contributed by atoms with Crippen LogP contribution in [0.3, 0.4) is 0 Å². The molecule has 0 N–H and O–H groups in total. The van der Waals surface area contributed by atoms with Gasteiger partial charge < -0.3 is 4.90 Å². The van der Waals surface area contributed by atoms with Gasteiger partial charge in [0.1, 0.15) is 0 Å². The average molecular weight is 377 g/mol. The van der Waals surface area contributed by atoms with Crippen LogP contribution < -0.4 is 4.90 Å². The van der Waals surface area contributed by atoms with Crippen molar-refractivity contribution in [2.45, 2.75) is 19.8 Å². The summed E-state index contributed by atoms with van der Waals surface area (Å²) >= 11 is 2.23. The quantitative estimate of drug-likeness (QED) is 0.683. The van der Waals surface area contributed by atoms with E-state index in [1.54, 1.807) is 0 Å². The highest BCUT2D eigenvalue weighted by Gasteiger charge is 2.25. The number of carbonyl (C=O) groups is 1. The number of fused-ring (bicyclic) bond motifs is 1. The first-order valence-electron chi connectivity index (χ1n) is 6.83. The fraction of sp³-hybridized carbons (Fsp3) is 0.235. The van der Waals surface area contributed by atoms with Crippen LogP contribution in [0.15, 0.2) is 42.5 Å². The number of halogens is 1. The maximum atomic E-state index is 12.9. The van der Waals surface area contributed by atoms with E-state index in [1.165, 1.54) is 11.1 Å². The van der Waals surface area contributed by atoms with Crippen LogP contribution >= 0.6 is 22.6 Å². The zero-order valence-corrected chi connectivity index (χ0v) is 13.6.